The molecule has 3 heterocycles. The smallest absolute Gasteiger partial charge is 0.199 e. The summed E-state index contributed by atoms with van der Waals surface area (Å²) >= 11 is 0. The predicted octanol–water partition coefficient (Wildman–Crippen LogP) is 2.02. The molecule has 3 rings (SSSR count). The van der Waals surface area contributed by atoms with E-state index in [1.807, 2.05) is 6.07 Å². The average molecular weight is 233 g/mol. The van der Waals surface area contributed by atoms with Gasteiger partial charge in [0.1, 0.15) is 5.82 Å². The molecule has 1 aliphatic heterocycles. The second-order valence-electron chi connectivity index (χ2n) is 4.70. The van der Waals surface area contributed by atoms with Crippen LogP contribution in [0.2, 0.25) is 0 Å². The number of aromatic nitrogens is 2. The summed E-state index contributed by atoms with van der Waals surface area (Å²) in [5, 5.41) is 3.38. The molecule has 4 heteroatoms. The minimum atomic E-state index is -0.223. The molecule has 2 aromatic heterocycles. The Morgan fingerprint density at radius 2 is 2.41 bits per heavy atom. The van der Waals surface area contributed by atoms with Gasteiger partial charge in [-0.15, -0.1) is 0 Å². The molecular formula is C13H16FN3. The van der Waals surface area contributed by atoms with E-state index in [0.717, 1.165) is 30.9 Å². The van der Waals surface area contributed by atoms with Crippen molar-refractivity contribution in [2.24, 2.45) is 5.92 Å². The largest absolute Gasteiger partial charge is 0.316 e. The first-order chi connectivity index (χ1) is 8.34. The molecule has 1 aliphatic rings. The molecule has 2 aromatic rings. The van der Waals surface area contributed by atoms with Gasteiger partial charge in [0, 0.05) is 6.42 Å². The molecule has 1 saturated heterocycles. The van der Waals surface area contributed by atoms with Crippen LogP contribution in [0.4, 0.5) is 4.39 Å². The standard InChI is InChI=1S/C13H16FN3/c14-12-5-1-4-11-9-16-13(17(11)12)7-10-3-2-6-15-8-10/h1,4-5,9-10,15H,2-3,6-8H2. The van der Waals surface area contributed by atoms with Crippen LogP contribution in [-0.2, 0) is 6.42 Å². The molecule has 0 spiro atoms. The first-order valence-electron chi connectivity index (χ1n) is 6.16. The molecule has 0 radical (unpaired) electrons. The number of nitrogens with one attached hydrogen (secondary N) is 1. The van der Waals surface area contributed by atoms with Crippen molar-refractivity contribution in [3.8, 4) is 0 Å². The van der Waals surface area contributed by atoms with Crippen molar-refractivity contribution in [1.82, 2.24) is 14.7 Å². The maximum atomic E-state index is 13.7. The molecule has 0 amide bonds. The van der Waals surface area contributed by atoms with E-state index < -0.39 is 0 Å². The van der Waals surface area contributed by atoms with Crippen molar-refractivity contribution < 1.29 is 4.39 Å². The van der Waals surface area contributed by atoms with Gasteiger partial charge in [0.15, 0.2) is 5.95 Å². The molecule has 3 nitrogen and oxygen atoms in total. The van der Waals surface area contributed by atoms with Gasteiger partial charge in [-0.3, -0.25) is 4.40 Å². The zero-order valence-electron chi connectivity index (χ0n) is 9.69. The van der Waals surface area contributed by atoms with E-state index in [2.05, 4.69) is 10.3 Å². The average Bonchev–Trinajstić information content (AvgIpc) is 2.75. The molecular weight excluding hydrogens is 217 g/mol. The van der Waals surface area contributed by atoms with E-state index in [1.54, 1.807) is 16.7 Å². The van der Waals surface area contributed by atoms with Crippen LogP contribution in [0.1, 0.15) is 18.7 Å². The first kappa shape index (κ1) is 10.7. The van der Waals surface area contributed by atoms with Gasteiger partial charge in [-0.05, 0) is 44.0 Å². The fraction of sp³-hybridized carbons (Fsp3) is 0.462. The third kappa shape index (κ3) is 2.05. The van der Waals surface area contributed by atoms with Crippen LogP contribution in [-0.4, -0.2) is 22.5 Å². The SMILES string of the molecule is Fc1cccc2cnc(CC3CCCNC3)n12. The molecule has 0 aliphatic carbocycles. The van der Waals surface area contributed by atoms with Crippen LogP contribution < -0.4 is 5.32 Å². The topological polar surface area (TPSA) is 29.3 Å². The van der Waals surface area contributed by atoms with Crippen LogP contribution in [0, 0.1) is 11.9 Å². The van der Waals surface area contributed by atoms with Crippen LogP contribution in [0.3, 0.4) is 0 Å². The van der Waals surface area contributed by atoms with E-state index in [4.69, 9.17) is 0 Å². The summed E-state index contributed by atoms with van der Waals surface area (Å²) in [5.74, 6) is 1.19. The van der Waals surface area contributed by atoms with Crippen LogP contribution in [0.25, 0.3) is 5.52 Å². The number of rotatable bonds is 2. The Balaban J connectivity index is 1.89. The molecule has 17 heavy (non-hydrogen) atoms. The minimum absolute atomic E-state index is 0.223. The van der Waals surface area contributed by atoms with E-state index >= 15 is 0 Å². The second kappa shape index (κ2) is 4.45. The fourth-order valence-corrected chi connectivity index (χ4v) is 2.57. The van der Waals surface area contributed by atoms with Gasteiger partial charge in [0.05, 0.1) is 11.7 Å². The van der Waals surface area contributed by atoms with Crippen molar-refractivity contribution >= 4 is 5.52 Å². The predicted molar refractivity (Wildman–Crippen MR) is 64.4 cm³/mol. The molecule has 0 saturated carbocycles. The zero-order valence-corrected chi connectivity index (χ0v) is 9.69. The van der Waals surface area contributed by atoms with Crippen molar-refractivity contribution in [3.63, 3.8) is 0 Å². The quantitative estimate of drug-likeness (QED) is 0.804. The van der Waals surface area contributed by atoms with Gasteiger partial charge in [0.2, 0.25) is 0 Å². The van der Waals surface area contributed by atoms with Crippen molar-refractivity contribution in [1.29, 1.82) is 0 Å². The number of hydrogen-bond acceptors (Lipinski definition) is 2. The highest BCUT2D eigenvalue weighted by atomic mass is 19.1. The van der Waals surface area contributed by atoms with E-state index in [9.17, 15) is 4.39 Å². The third-order valence-corrected chi connectivity index (χ3v) is 3.45. The summed E-state index contributed by atoms with van der Waals surface area (Å²) in [6.07, 6.45) is 5.00. The second-order valence-corrected chi connectivity index (χ2v) is 4.70. The Hall–Kier alpha value is -1.42. The zero-order chi connectivity index (χ0) is 11.7. The summed E-state index contributed by atoms with van der Waals surface area (Å²) < 4.78 is 15.4. The van der Waals surface area contributed by atoms with E-state index in [0.29, 0.717) is 5.92 Å². The van der Waals surface area contributed by atoms with Gasteiger partial charge < -0.3 is 5.32 Å². The van der Waals surface area contributed by atoms with E-state index in [-0.39, 0.29) is 5.95 Å². The van der Waals surface area contributed by atoms with Crippen molar-refractivity contribution in [2.75, 3.05) is 13.1 Å². The summed E-state index contributed by atoms with van der Waals surface area (Å²) in [4.78, 5) is 4.35. The molecule has 1 unspecified atom stereocenters. The Morgan fingerprint density at radius 3 is 3.24 bits per heavy atom. The molecule has 0 bridgehead atoms. The number of piperidine rings is 1. The van der Waals surface area contributed by atoms with Crippen LogP contribution in [0.15, 0.2) is 24.4 Å². The fourth-order valence-electron chi connectivity index (χ4n) is 2.57. The Morgan fingerprint density at radius 1 is 1.47 bits per heavy atom. The van der Waals surface area contributed by atoms with Crippen molar-refractivity contribution in [3.05, 3.63) is 36.2 Å². The van der Waals surface area contributed by atoms with Gasteiger partial charge in [-0.2, -0.15) is 4.39 Å². The maximum Gasteiger partial charge on any atom is 0.199 e. The number of nitrogens with zero attached hydrogens (tertiary/aromatic N) is 2. The summed E-state index contributed by atoms with van der Waals surface area (Å²) in [6, 6.07) is 5.09. The number of fused-ring (bicyclic) bond motifs is 1. The van der Waals surface area contributed by atoms with Crippen LogP contribution >= 0.6 is 0 Å². The highest BCUT2D eigenvalue weighted by Crippen LogP contribution is 2.18. The molecule has 1 N–H and O–H groups in total. The van der Waals surface area contributed by atoms with Gasteiger partial charge >= 0.3 is 0 Å². The van der Waals surface area contributed by atoms with Gasteiger partial charge in [-0.1, -0.05) is 6.07 Å². The lowest BCUT2D eigenvalue weighted by molar-refractivity contribution is 0.368. The normalized spacial score (nSPS) is 20.9. The van der Waals surface area contributed by atoms with Gasteiger partial charge in [0.25, 0.3) is 0 Å². The maximum absolute atomic E-state index is 13.7. The van der Waals surface area contributed by atoms with Gasteiger partial charge in [-0.25, -0.2) is 4.98 Å². The van der Waals surface area contributed by atoms with Crippen molar-refractivity contribution in [2.45, 2.75) is 19.3 Å². The highest BCUT2D eigenvalue weighted by molar-refractivity contribution is 5.45. The lowest BCUT2D eigenvalue weighted by atomic mass is 9.96. The Labute approximate surface area is 99.7 Å². The molecule has 1 atom stereocenters. The van der Waals surface area contributed by atoms with E-state index in [1.165, 1.54) is 18.9 Å². The number of hydrogen-bond donors (Lipinski definition) is 1. The lowest BCUT2D eigenvalue weighted by Crippen LogP contribution is -2.31. The Kier molecular flexibility index (Phi) is 2.81. The summed E-state index contributed by atoms with van der Waals surface area (Å²) in [5.41, 5.74) is 0.837. The first-order valence-corrected chi connectivity index (χ1v) is 6.16. The van der Waals surface area contributed by atoms with Crippen LogP contribution in [0.5, 0.6) is 0 Å². The summed E-state index contributed by atoms with van der Waals surface area (Å²) in [7, 11) is 0. The Bertz CT molecular complexity index is 514. The number of halogens is 1. The minimum Gasteiger partial charge on any atom is -0.316 e. The molecule has 1 fully saturated rings. The number of pyridine rings is 1. The highest BCUT2D eigenvalue weighted by Gasteiger charge is 2.17. The molecule has 90 valence electrons. The number of imidazole rings is 1. The summed E-state index contributed by atoms with van der Waals surface area (Å²) in [6.45, 7) is 2.12. The monoisotopic (exact) mass is 233 g/mol. The molecule has 0 aromatic carbocycles. The third-order valence-electron chi connectivity index (χ3n) is 3.45. The lowest BCUT2D eigenvalue weighted by Gasteiger charge is -2.22.